The molecular formula is C6H6ClO2S2-. The Hall–Kier alpha value is 0.1000. The van der Waals surface area contributed by atoms with Crippen molar-refractivity contribution in [1.29, 1.82) is 0 Å². The fourth-order valence-electron chi connectivity index (χ4n) is 0.670. The van der Waals surface area contributed by atoms with Crippen LogP contribution in [-0.2, 0) is 17.5 Å². The summed E-state index contributed by atoms with van der Waals surface area (Å²) < 4.78 is 21.0. The Morgan fingerprint density at radius 3 is 2.82 bits per heavy atom. The normalized spacial score (nSPS) is 13.3. The molecule has 0 bridgehead atoms. The molecule has 1 unspecified atom stereocenters. The third kappa shape index (κ3) is 3.33. The summed E-state index contributed by atoms with van der Waals surface area (Å²) in [5.74, 6) is 0.177. The molecule has 1 aromatic rings. The van der Waals surface area contributed by atoms with E-state index in [0.717, 1.165) is 4.88 Å². The van der Waals surface area contributed by atoms with E-state index < -0.39 is 11.1 Å². The Morgan fingerprint density at radius 2 is 2.36 bits per heavy atom. The Kier molecular flexibility index (Phi) is 3.51. The SMILES string of the molecule is O=S([O-])CCc1ccc(Cl)s1. The third-order valence-corrected chi connectivity index (χ3v) is 2.97. The molecule has 0 saturated carbocycles. The maximum atomic E-state index is 10.2. The van der Waals surface area contributed by atoms with Crippen LogP contribution in [0.25, 0.3) is 0 Å². The highest BCUT2D eigenvalue weighted by Crippen LogP contribution is 2.21. The fourth-order valence-corrected chi connectivity index (χ4v) is 2.27. The highest BCUT2D eigenvalue weighted by atomic mass is 35.5. The summed E-state index contributed by atoms with van der Waals surface area (Å²) in [7, 11) is 0. The quantitative estimate of drug-likeness (QED) is 0.713. The molecule has 0 aliphatic heterocycles. The van der Waals surface area contributed by atoms with E-state index >= 15 is 0 Å². The molecule has 0 aromatic carbocycles. The van der Waals surface area contributed by atoms with E-state index in [1.165, 1.54) is 11.3 Å². The van der Waals surface area contributed by atoms with Crippen LogP contribution in [-0.4, -0.2) is 14.5 Å². The van der Waals surface area contributed by atoms with E-state index in [-0.39, 0.29) is 5.75 Å². The van der Waals surface area contributed by atoms with Crippen LogP contribution < -0.4 is 0 Å². The molecule has 1 atom stereocenters. The Morgan fingerprint density at radius 1 is 1.64 bits per heavy atom. The van der Waals surface area contributed by atoms with Gasteiger partial charge in [0, 0.05) is 10.6 Å². The predicted molar refractivity (Wildman–Crippen MR) is 46.8 cm³/mol. The first-order valence-electron chi connectivity index (χ1n) is 2.98. The van der Waals surface area contributed by atoms with Gasteiger partial charge < -0.3 is 4.55 Å². The summed E-state index contributed by atoms with van der Waals surface area (Å²) in [4.78, 5) is 1.01. The minimum Gasteiger partial charge on any atom is -0.772 e. The summed E-state index contributed by atoms with van der Waals surface area (Å²) >= 11 is 5.12. The second kappa shape index (κ2) is 4.21. The molecule has 0 aliphatic carbocycles. The molecule has 0 saturated heterocycles. The van der Waals surface area contributed by atoms with Crippen LogP contribution in [0.1, 0.15) is 4.88 Å². The van der Waals surface area contributed by atoms with Crippen LogP contribution in [0, 0.1) is 0 Å². The van der Waals surface area contributed by atoms with Crippen LogP contribution in [0.2, 0.25) is 4.34 Å². The molecular weight excluding hydrogens is 204 g/mol. The average molecular weight is 210 g/mol. The van der Waals surface area contributed by atoms with Gasteiger partial charge in [-0.2, -0.15) is 0 Å². The maximum Gasteiger partial charge on any atom is 0.0931 e. The largest absolute Gasteiger partial charge is 0.772 e. The number of aryl methyl sites for hydroxylation is 1. The van der Waals surface area contributed by atoms with Crippen molar-refractivity contribution in [3.63, 3.8) is 0 Å². The molecule has 11 heavy (non-hydrogen) atoms. The van der Waals surface area contributed by atoms with E-state index in [1.807, 2.05) is 6.07 Å². The van der Waals surface area contributed by atoms with Gasteiger partial charge in [-0.15, -0.1) is 11.3 Å². The van der Waals surface area contributed by atoms with Crippen molar-refractivity contribution in [3.05, 3.63) is 21.3 Å². The minimum atomic E-state index is -1.94. The lowest BCUT2D eigenvalue weighted by Gasteiger charge is -2.01. The second-order valence-corrected chi connectivity index (χ2v) is 4.78. The number of thiophene rings is 1. The van der Waals surface area contributed by atoms with Crippen molar-refractivity contribution in [2.75, 3.05) is 5.75 Å². The van der Waals surface area contributed by atoms with Gasteiger partial charge in [0.05, 0.1) is 4.34 Å². The van der Waals surface area contributed by atoms with Gasteiger partial charge in [-0.05, 0) is 18.6 Å². The molecule has 0 N–H and O–H groups in total. The van der Waals surface area contributed by atoms with Gasteiger partial charge in [0.15, 0.2) is 0 Å². The molecule has 1 heterocycles. The zero-order valence-corrected chi connectivity index (χ0v) is 7.97. The topological polar surface area (TPSA) is 40.1 Å². The van der Waals surface area contributed by atoms with Crippen molar-refractivity contribution in [2.24, 2.45) is 0 Å². The van der Waals surface area contributed by atoms with Crippen LogP contribution in [0.4, 0.5) is 0 Å². The highest BCUT2D eigenvalue weighted by Gasteiger charge is 1.96. The summed E-state index contributed by atoms with van der Waals surface area (Å²) in [6.45, 7) is 0. The second-order valence-electron chi connectivity index (χ2n) is 1.96. The Balaban J connectivity index is 2.45. The van der Waals surface area contributed by atoms with Crippen LogP contribution in [0.5, 0.6) is 0 Å². The Labute approximate surface area is 76.5 Å². The van der Waals surface area contributed by atoms with Crippen LogP contribution in [0.15, 0.2) is 12.1 Å². The lowest BCUT2D eigenvalue weighted by Crippen LogP contribution is -1.97. The summed E-state index contributed by atoms with van der Waals surface area (Å²) in [5.41, 5.74) is 0. The van der Waals surface area contributed by atoms with Gasteiger partial charge >= 0.3 is 0 Å². The fraction of sp³-hybridized carbons (Fsp3) is 0.333. The predicted octanol–water partition coefficient (Wildman–Crippen LogP) is 1.82. The first kappa shape index (κ1) is 9.19. The van der Waals surface area contributed by atoms with E-state index in [0.29, 0.717) is 10.8 Å². The molecule has 0 spiro atoms. The molecule has 0 fully saturated rings. The third-order valence-electron chi connectivity index (χ3n) is 1.14. The molecule has 0 amide bonds. The number of halogens is 1. The van der Waals surface area contributed by atoms with Gasteiger partial charge in [-0.3, -0.25) is 4.21 Å². The van der Waals surface area contributed by atoms with Crippen LogP contribution >= 0.6 is 22.9 Å². The number of hydrogen-bond donors (Lipinski definition) is 0. The van der Waals surface area contributed by atoms with Gasteiger partial charge in [0.2, 0.25) is 0 Å². The molecule has 1 rings (SSSR count). The van der Waals surface area contributed by atoms with E-state index in [1.54, 1.807) is 6.07 Å². The van der Waals surface area contributed by atoms with Gasteiger partial charge in [0.1, 0.15) is 0 Å². The first-order valence-corrected chi connectivity index (χ1v) is 5.42. The molecule has 0 radical (unpaired) electrons. The molecule has 0 aliphatic rings. The molecule has 2 nitrogen and oxygen atoms in total. The van der Waals surface area contributed by atoms with E-state index in [9.17, 15) is 8.76 Å². The Bertz CT molecular complexity index is 259. The lowest BCUT2D eigenvalue weighted by atomic mass is 10.4. The van der Waals surface area contributed by atoms with Crippen molar-refractivity contribution in [1.82, 2.24) is 0 Å². The van der Waals surface area contributed by atoms with Crippen LogP contribution in [0.3, 0.4) is 0 Å². The standard InChI is InChI=1S/C6H7ClO2S2/c7-6-2-1-5(10-6)3-4-11(8)9/h1-2H,3-4H2,(H,8,9)/p-1. The number of rotatable bonds is 3. The highest BCUT2D eigenvalue weighted by molar-refractivity contribution is 7.79. The van der Waals surface area contributed by atoms with Crippen molar-refractivity contribution < 1.29 is 8.76 Å². The summed E-state index contributed by atoms with van der Waals surface area (Å²) in [6.07, 6.45) is 0.563. The average Bonchev–Trinajstić information content (AvgIpc) is 2.31. The summed E-state index contributed by atoms with van der Waals surface area (Å²) in [5, 5.41) is 0. The zero-order valence-electron chi connectivity index (χ0n) is 5.58. The molecule has 5 heteroatoms. The van der Waals surface area contributed by atoms with Gasteiger partial charge in [0.25, 0.3) is 0 Å². The van der Waals surface area contributed by atoms with E-state index in [2.05, 4.69) is 0 Å². The van der Waals surface area contributed by atoms with Gasteiger partial charge in [-0.1, -0.05) is 22.7 Å². The van der Waals surface area contributed by atoms with Crippen molar-refractivity contribution >= 4 is 34.0 Å². The monoisotopic (exact) mass is 209 g/mol. The molecule has 1 aromatic heterocycles. The smallest absolute Gasteiger partial charge is 0.0931 e. The zero-order chi connectivity index (χ0) is 8.27. The number of hydrogen-bond acceptors (Lipinski definition) is 3. The minimum absolute atomic E-state index is 0.177. The summed E-state index contributed by atoms with van der Waals surface area (Å²) in [6, 6.07) is 3.62. The van der Waals surface area contributed by atoms with Crippen molar-refractivity contribution in [3.8, 4) is 0 Å². The first-order chi connectivity index (χ1) is 5.18. The molecule has 62 valence electrons. The van der Waals surface area contributed by atoms with Crippen molar-refractivity contribution in [2.45, 2.75) is 6.42 Å². The lowest BCUT2D eigenvalue weighted by molar-refractivity contribution is 0.536. The van der Waals surface area contributed by atoms with E-state index in [4.69, 9.17) is 11.6 Å². The van der Waals surface area contributed by atoms with Gasteiger partial charge in [-0.25, -0.2) is 0 Å². The maximum absolute atomic E-state index is 10.2.